The van der Waals surface area contributed by atoms with Gasteiger partial charge in [0.25, 0.3) is 11.8 Å². The second kappa shape index (κ2) is 9.77. The second-order valence-corrected chi connectivity index (χ2v) is 6.28. The lowest BCUT2D eigenvalue weighted by Gasteiger charge is -2.22. The van der Waals surface area contributed by atoms with E-state index in [0.29, 0.717) is 11.4 Å². The zero-order valence-electron chi connectivity index (χ0n) is 16.6. The molecule has 0 bridgehead atoms. The number of aliphatic imine (C=N–C) groups is 1. The van der Waals surface area contributed by atoms with Gasteiger partial charge in [-0.1, -0.05) is 48.5 Å². The summed E-state index contributed by atoms with van der Waals surface area (Å²) < 4.78 is 10.0. The number of nitrogens with zero attached hydrogens (tertiary/aromatic N) is 1. The fourth-order valence-corrected chi connectivity index (χ4v) is 2.88. The van der Waals surface area contributed by atoms with Gasteiger partial charge in [-0.05, 0) is 20.0 Å². The Morgan fingerprint density at radius 1 is 1.20 bits per heavy atom. The highest BCUT2D eigenvalue weighted by atomic mass is 16.6. The summed E-state index contributed by atoms with van der Waals surface area (Å²) in [5.74, 6) is -1.99. The van der Waals surface area contributed by atoms with Crippen LogP contribution in [0.25, 0.3) is 0 Å². The SMILES string of the molecule is CCOC(=O)C(=N)OC(NC)NC1N=C(c2ccccc2)c2ccccc2NC1=O. The summed E-state index contributed by atoms with van der Waals surface area (Å²) in [6.07, 6.45) is -2.07. The van der Waals surface area contributed by atoms with E-state index in [-0.39, 0.29) is 6.61 Å². The van der Waals surface area contributed by atoms with Crippen LogP contribution in [0.2, 0.25) is 0 Å². The van der Waals surface area contributed by atoms with Gasteiger partial charge < -0.3 is 14.8 Å². The third-order valence-corrected chi connectivity index (χ3v) is 4.26. The van der Waals surface area contributed by atoms with Crippen molar-refractivity contribution in [2.24, 2.45) is 4.99 Å². The molecule has 9 nitrogen and oxygen atoms in total. The highest BCUT2D eigenvalue weighted by molar-refractivity contribution is 6.31. The second-order valence-electron chi connectivity index (χ2n) is 6.28. The number of hydrogen-bond acceptors (Lipinski definition) is 8. The molecule has 1 amide bonds. The molecule has 9 heteroatoms. The van der Waals surface area contributed by atoms with Crippen LogP contribution in [0, 0.1) is 5.41 Å². The molecule has 30 heavy (non-hydrogen) atoms. The molecular formula is C21H23N5O4. The largest absolute Gasteiger partial charge is 0.459 e. The van der Waals surface area contributed by atoms with Crippen molar-refractivity contribution in [3.05, 3.63) is 65.7 Å². The molecule has 2 atom stereocenters. The van der Waals surface area contributed by atoms with E-state index in [9.17, 15) is 9.59 Å². The lowest BCUT2D eigenvalue weighted by Crippen LogP contribution is -2.52. The molecule has 0 fully saturated rings. The van der Waals surface area contributed by atoms with Crippen LogP contribution in [-0.2, 0) is 19.1 Å². The fraction of sp³-hybridized carbons (Fsp3) is 0.238. The Balaban J connectivity index is 1.89. The van der Waals surface area contributed by atoms with Crippen molar-refractivity contribution in [1.29, 1.82) is 5.41 Å². The Kier molecular flexibility index (Phi) is 6.89. The maximum Gasteiger partial charge on any atom is 0.393 e. The molecule has 2 aromatic carbocycles. The number of esters is 1. The summed E-state index contributed by atoms with van der Waals surface area (Å²) in [4.78, 5) is 29.1. The Hall–Kier alpha value is -3.56. The van der Waals surface area contributed by atoms with E-state index in [1.807, 2.05) is 48.5 Å². The molecule has 0 aliphatic carbocycles. The maximum atomic E-state index is 12.8. The van der Waals surface area contributed by atoms with E-state index in [1.54, 1.807) is 20.0 Å². The van der Waals surface area contributed by atoms with Gasteiger partial charge in [0.15, 0.2) is 6.17 Å². The molecule has 2 aromatic rings. The molecule has 156 valence electrons. The van der Waals surface area contributed by atoms with E-state index in [4.69, 9.17) is 14.9 Å². The quantitative estimate of drug-likeness (QED) is 0.248. The van der Waals surface area contributed by atoms with Gasteiger partial charge in [-0.25, -0.2) is 10.1 Å². The van der Waals surface area contributed by atoms with Gasteiger partial charge in [0.1, 0.15) is 0 Å². The first-order valence-corrected chi connectivity index (χ1v) is 9.42. The third-order valence-electron chi connectivity index (χ3n) is 4.26. The predicted molar refractivity (Wildman–Crippen MR) is 112 cm³/mol. The van der Waals surface area contributed by atoms with Crippen molar-refractivity contribution in [1.82, 2.24) is 10.6 Å². The van der Waals surface area contributed by atoms with E-state index in [0.717, 1.165) is 11.1 Å². The number of benzene rings is 2. The van der Waals surface area contributed by atoms with E-state index < -0.39 is 30.3 Å². The minimum Gasteiger partial charge on any atom is -0.459 e. The number of anilines is 1. The number of hydrogen-bond donors (Lipinski definition) is 4. The van der Waals surface area contributed by atoms with Crippen LogP contribution in [-0.4, -0.2) is 49.7 Å². The average Bonchev–Trinajstić information content (AvgIpc) is 2.90. The number of para-hydroxylation sites is 1. The topological polar surface area (TPSA) is 125 Å². The fourth-order valence-electron chi connectivity index (χ4n) is 2.88. The smallest absolute Gasteiger partial charge is 0.393 e. The van der Waals surface area contributed by atoms with Crippen LogP contribution in [0.15, 0.2) is 59.6 Å². The van der Waals surface area contributed by atoms with Gasteiger partial charge >= 0.3 is 5.97 Å². The summed E-state index contributed by atoms with van der Waals surface area (Å²) in [5, 5.41) is 16.2. The van der Waals surface area contributed by atoms with Crippen LogP contribution >= 0.6 is 0 Å². The first-order chi connectivity index (χ1) is 14.5. The van der Waals surface area contributed by atoms with Gasteiger partial charge in [0.05, 0.1) is 18.0 Å². The van der Waals surface area contributed by atoms with Crippen molar-refractivity contribution in [2.45, 2.75) is 19.4 Å². The number of carbonyl (C=O) groups is 2. The van der Waals surface area contributed by atoms with E-state index in [1.165, 1.54) is 0 Å². The Morgan fingerprint density at radius 3 is 2.60 bits per heavy atom. The Bertz CT molecular complexity index is 961. The van der Waals surface area contributed by atoms with E-state index >= 15 is 0 Å². The summed E-state index contributed by atoms with van der Waals surface area (Å²) >= 11 is 0. The summed E-state index contributed by atoms with van der Waals surface area (Å²) in [5.41, 5.74) is 2.88. The molecule has 0 radical (unpaired) electrons. The van der Waals surface area contributed by atoms with Crippen LogP contribution < -0.4 is 16.0 Å². The summed E-state index contributed by atoms with van der Waals surface area (Å²) in [6.45, 7) is 1.75. The van der Waals surface area contributed by atoms with Crippen LogP contribution in [0.1, 0.15) is 18.1 Å². The molecule has 0 saturated heterocycles. The number of carbonyl (C=O) groups excluding carboxylic acids is 2. The van der Waals surface area contributed by atoms with Gasteiger partial charge in [0.2, 0.25) is 6.35 Å². The normalized spacial score (nSPS) is 16.4. The molecule has 0 aromatic heterocycles. The number of nitrogens with one attached hydrogen (secondary N) is 4. The lowest BCUT2D eigenvalue weighted by molar-refractivity contribution is -0.137. The van der Waals surface area contributed by atoms with Crippen molar-refractivity contribution in [3.8, 4) is 0 Å². The Labute approximate surface area is 174 Å². The van der Waals surface area contributed by atoms with Crippen molar-refractivity contribution in [3.63, 3.8) is 0 Å². The minimum atomic E-state index is -1.04. The van der Waals surface area contributed by atoms with Crippen molar-refractivity contribution < 1.29 is 19.1 Å². The van der Waals surface area contributed by atoms with E-state index in [2.05, 4.69) is 20.9 Å². The molecule has 1 aliphatic rings. The van der Waals surface area contributed by atoms with Crippen LogP contribution in [0.3, 0.4) is 0 Å². The lowest BCUT2D eigenvalue weighted by atomic mass is 10.0. The standard InChI is InChI=1S/C21H23N5O4/c1-3-29-20(28)17(22)30-21(23-2)26-18-19(27)24-15-12-8-7-11-14(15)16(25-18)13-9-5-4-6-10-13/h4-12,18,21-23,26H,3H2,1-2H3,(H,24,27). The molecule has 1 aliphatic heterocycles. The summed E-state index contributed by atoms with van der Waals surface area (Å²) in [6, 6.07) is 16.9. The molecule has 3 rings (SSSR count). The zero-order chi connectivity index (χ0) is 21.5. The predicted octanol–water partition coefficient (Wildman–Crippen LogP) is 1.45. The number of rotatable bonds is 6. The third kappa shape index (κ3) is 4.88. The van der Waals surface area contributed by atoms with Crippen LogP contribution in [0.5, 0.6) is 0 Å². The molecule has 0 saturated carbocycles. The monoisotopic (exact) mass is 409 g/mol. The van der Waals surface area contributed by atoms with Crippen LogP contribution in [0.4, 0.5) is 5.69 Å². The first kappa shape index (κ1) is 21.2. The van der Waals surface area contributed by atoms with Gasteiger partial charge in [0, 0.05) is 11.1 Å². The first-order valence-electron chi connectivity index (χ1n) is 9.42. The number of benzodiazepines with no additional fused rings is 1. The van der Waals surface area contributed by atoms with Gasteiger partial charge in [-0.2, -0.15) is 0 Å². The van der Waals surface area contributed by atoms with Gasteiger partial charge in [-0.3, -0.25) is 20.5 Å². The highest BCUT2D eigenvalue weighted by Gasteiger charge is 2.28. The molecular weight excluding hydrogens is 386 g/mol. The average molecular weight is 409 g/mol. The highest BCUT2D eigenvalue weighted by Crippen LogP contribution is 2.23. The molecule has 4 N–H and O–H groups in total. The molecule has 0 spiro atoms. The minimum absolute atomic E-state index is 0.121. The zero-order valence-corrected chi connectivity index (χ0v) is 16.6. The summed E-state index contributed by atoms with van der Waals surface area (Å²) in [7, 11) is 1.56. The number of fused-ring (bicyclic) bond motifs is 1. The van der Waals surface area contributed by atoms with Gasteiger partial charge in [-0.15, -0.1) is 0 Å². The van der Waals surface area contributed by atoms with Crippen molar-refractivity contribution in [2.75, 3.05) is 19.0 Å². The number of amides is 1. The van der Waals surface area contributed by atoms with Crippen molar-refractivity contribution >= 4 is 29.2 Å². The Morgan fingerprint density at radius 2 is 1.90 bits per heavy atom. The molecule has 2 unspecified atom stereocenters. The molecule has 1 heterocycles. The maximum absolute atomic E-state index is 12.8. The number of ether oxygens (including phenoxy) is 2.